The predicted octanol–water partition coefficient (Wildman–Crippen LogP) is 5.25. The first kappa shape index (κ1) is 17.1. The van der Waals surface area contributed by atoms with Gasteiger partial charge in [0.05, 0.1) is 27.1 Å². The number of imidazole rings is 1. The molecule has 6 heteroatoms. The van der Waals surface area contributed by atoms with E-state index in [0.29, 0.717) is 10.0 Å². The summed E-state index contributed by atoms with van der Waals surface area (Å²) in [7, 11) is 0. The number of amides is 1. The molecule has 1 aliphatic heterocycles. The molecule has 0 spiro atoms. The molecule has 26 heavy (non-hydrogen) atoms. The van der Waals surface area contributed by atoms with Crippen LogP contribution in [0.5, 0.6) is 0 Å². The molecule has 0 aliphatic carbocycles. The van der Waals surface area contributed by atoms with Gasteiger partial charge in [0.15, 0.2) is 0 Å². The number of hydrogen-bond donors (Lipinski definition) is 1. The highest BCUT2D eigenvalue weighted by molar-refractivity contribution is 6.42. The molecule has 1 aromatic heterocycles. The van der Waals surface area contributed by atoms with E-state index in [9.17, 15) is 4.79 Å². The molecule has 3 aromatic rings. The molecule has 1 saturated heterocycles. The standard InChI is InChI=1S/C20H17Cl2N3O/c21-14-9-7-13(12-15(14)22)8-10-19(26)25-11-3-6-18(25)20-23-16-4-1-2-5-17(16)24-20/h1-2,4-5,7-10,12,18H,3,6,11H2,(H,23,24)/b10-8+/t18-/m1/s1. The maximum atomic E-state index is 12.7. The molecule has 132 valence electrons. The van der Waals surface area contributed by atoms with Gasteiger partial charge < -0.3 is 9.88 Å². The molecular weight excluding hydrogens is 369 g/mol. The Hall–Kier alpha value is -2.30. The van der Waals surface area contributed by atoms with Crippen molar-refractivity contribution in [3.8, 4) is 0 Å². The third-order valence-electron chi connectivity index (χ3n) is 4.62. The molecule has 0 saturated carbocycles. The first-order chi connectivity index (χ1) is 12.6. The minimum atomic E-state index is -0.0287. The smallest absolute Gasteiger partial charge is 0.247 e. The summed E-state index contributed by atoms with van der Waals surface area (Å²) >= 11 is 12.0. The van der Waals surface area contributed by atoms with E-state index in [-0.39, 0.29) is 11.9 Å². The third-order valence-corrected chi connectivity index (χ3v) is 5.36. The fraction of sp³-hybridized carbons (Fsp3) is 0.200. The molecule has 2 aromatic carbocycles. The van der Waals surface area contributed by atoms with Crippen molar-refractivity contribution in [1.82, 2.24) is 14.9 Å². The topological polar surface area (TPSA) is 49.0 Å². The lowest BCUT2D eigenvalue weighted by Gasteiger charge is -2.21. The van der Waals surface area contributed by atoms with Crippen molar-refractivity contribution in [2.45, 2.75) is 18.9 Å². The third kappa shape index (κ3) is 3.35. The van der Waals surface area contributed by atoms with E-state index in [1.165, 1.54) is 0 Å². The summed E-state index contributed by atoms with van der Waals surface area (Å²) < 4.78 is 0. The number of hydrogen-bond acceptors (Lipinski definition) is 2. The molecule has 2 heterocycles. The normalized spacial score (nSPS) is 17.5. The molecule has 1 aliphatic rings. The van der Waals surface area contributed by atoms with E-state index in [4.69, 9.17) is 23.2 Å². The van der Waals surface area contributed by atoms with Crippen LogP contribution < -0.4 is 0 Å². The van der Waals surface area contributed by atoms with E-state index in [1.807, 2.05) is 35.2 Å². The number of aromatic nitrogens is 2. The van der Waals surface area contributed by atoms with Gasteiger partial charge in [-0.25, -0.2) is 4.98 Å². The second-order valence-corrected chi connectivity index (χ2v) is 7.15. The zero-order chi connectivity index (χ0) is 18.1. The Kier molecular flexibility index (Phi) is 4.70. The van der Waals surface area contributed by atoms with Crippen LogP contribution in [0.15, 0.2) is 48.5 Å². The maximum absolute atomic E-state index is 12.7. The van der Waals surface area contributed by atoms with Gasteiger partial charge in [0.25, 0.3) is 0 Å². The van der Waals surface area contributed by atoms with E-state index < -0.39 is 0 Å². The van der Waals surface area contributed by atoms with Crippen LogP contribution >= 0.6 is 23.2 Å². The minimum absolute atomic E-state index is 0.0200. The van der Waals surface area contributed by atoms with Crippen molar-refractivity contribution in [1.29, 1.82) is 0 Å². The molecule has 0 radical (unpaired) electrons. The molecule has 1 atom stereocenters. The largest absolute Gasteiger partial charge is 0.340 e. The summed E-state index contributed by atoms with van der Waals surface area (Å²) in [5.74, 6) is 0.819. The first-order valence-corrected chi connectivity index (χ1v) is 9.26. The quantitative estimate of drug-likeness (QED) is 0.626. The number of carbonyl (C=O) groups excluding carboxylic acids is 1. The second kappa shape index (κ2) is 7.14. The van der Waals surface area contributed by atoms with Gasteiger partial charge in [-0.05, 0) is 48.7 Å². The fourth-order valence-corrected chi connectivity index (χ4v) is 3.63. The molecule has 1 N–H and O–H groups in total. The van der Waals surface area contributed by atoms with Crippen LogP contribution in [-0.4, -0.2) is 27.3 Å². The molecule has 4 nitrogen and oxygen atoms in total. The van der Waals surface area contributed by atoms with Gasteiger partial charge in [-0.3, -0.25) is 4.79 Å². The van der Waals surface area contributed by atoms with Crippen molar-refractivity contribution in [3.63, 3.8) is 0 Å². The zero-order valence-electron chi connectivity index (χ0n) is 14.0. The van der Waals surface area contributed by atoms with Gasteiger partial charge in [0.1, 0.15) is 5.82 Å². The van der Waals surface area contributed by atoms with Crippen LogP contribution in [0.3, 0.4) is 0 Å². The highest BCUT2D eigenvalue weighted by Crippen LogP contribution is 2.31. The van der Waals surface area contributed by atoms with Crippen molar-refractivity contribution < 1.29 is 4.79 Å². The van der Waals surface area contributed by atoms with Gasteiger partial charge in [-0.2, -0.15) is 0 Å². The van der Waals surface area contributed by atoms with Gasteiger partial charge in [-0.15, -0.1) is 0 Å². The van der Waals surface area contributed by atoms with Crippen LogP contribution in [0.2, 0.25) is 10.0 Å². The summed E-state index contributed by atoms with van der Waals surface area (Å²) in [5, 5.41) is 0.974. The van der Waals surface area contributed by atoms with Crippen LogP contribution in [0.25, 0.3) is 17.1 Å². The Morgan fingerprint density at radius 1 is 1.19 bits per heavy atom. The highest BCUT2D eigenvalue weighted by atomic mass is 35.5. The number of benzene rings is 2. The Labute approximate surface area is 161 Å². The number of para-hydroxylation sites is 2. The molecule has 1 amide bonds. The van der Waals surface area contributed by atoms with Crippen LogP contribution in [0, 0.1) is 0 Å². The van der Waals surface area contributed by atoms with Crippen molar-refractivity contribution in [3.05, 3.63) is 70.0 Å². The Morgan fingerprint density at radius 2 is 2.04 bits per heavy atom. The van der Waals surface area contributed by atoms with E-state index >= 15 is 0 Å². The lowest BCUT2D eigenvalue weighted by Crippen LogP contribution is -2.29. The van der Waals surface area contributed by atoms with Crippen molar-refractivity contribution >= 4 is 46.2 Å². The molecule has 1 fully saturated rings. The number of rotatable bonds is 3. The zero-order valence-corrected chi connectivity index (χ0v) is 15.5. The predicted molar refractivity (Wildman–Crippen MR) is 105 cm³/mol. The lowest BCUT2D eigenvalue weighted by atomic mass is 10.2. The van der Waals surface area contributed by atoms with E-state index in [0.717, 1.165) is 41.8 Å². The van der Waals surface area contributed by atoms with Gasteiger partial charge in [0, 0.05) is 12.6 Å². The summed E-state index contributed by atoms with van der Waals surface area (Å²) in [5.41, 5.74) is 2.76. The van der Waals surface area contributed by atoms with Crippen molar-refractivity contribution in [2.75, 3.05) is 6.54 Å². The lowest BCUT2D eigenvalue weighted by molar-refractivity contribution is -0.126. The number of H-pyrrole nitrogens is 1. The number of aromatic amines is 1. The average Bonchev–Trinajstić information content (AvgIpc) is 3.28. The second-order valence-electron chi connectivity index (χ2n) is 6.34. The average molecular weight is 386 g/mol. The summed E-state index contributed by atoms with van der Waals surface area (Å²) in [6.45, 7) is 0.728. The fourth-order valence-electron chi connectivity index (χ4n) is 3.32. The summed E-state index contributed by atoms with van der Waals surface area (Å²) in [6.07, 6.45) is 5.22. The van der Waals surface area contributed by atoms with Gasteiger partial charge in [-0.1, -0.05) is 41.4 Å². The first-order valence-electron chi connectivity index (χ1n) is 8.50. The number of nitrogens with one attached hydrogen (secondary N) is 1. The van der Waals surface area contributed by atoms with E-state index in [2.05, 4.69) is 9.97 Å². The number of carbonyl (C=O) groups is 1. The summed E-state index contributed by atoms with van der Waals surface area (Å²) in [6, 6.07) is 13.2. The number of halogens is 2. The SMILES string of the molecule is O=C(/C=C/c1ccc(Cl)c(Cl)c1)N1CCC[C@@H]1c1nc2ccccc2[nH]1. The van der Waals surface area contributed by atoms with Gasteiger partial charge in [0.2, 0.25) is 5.91 Å². The van der Waals surface area contributed by atoms with Gasteiger partial charge >= 0.3 is 0 Å². The van der Waals surface area contributed by atoms with Crippen LogP contribution in [0.4, 0.5) is 0 Å². The molecule has 4 rings (SSSR count). The summed E-state index contributed by atoms with van der Waals surface area (Å²) in [4.78, 5) is 22.6. The van der Waals surface area contributed by atoms with E-state index in [1.54, 1.807) is 24.3 Å². The highest BCUT2D eigenvalue weighted by Gasteiger charge is 2.31. The maximum Gasteiger partial charge on any atom is 0.247 e. The number of likely N-dealkylation sites (tertiary alicyclic amines) is 1. The van der Waals surface area contributed by atoms with Crippen LogP contribution in [0.1, 0.15) is 30.3 Å². The Morgan fingerprint density at radius 3 is 2.85 bits per heavy atom. The Bertz CT molecular complexity index is 963. The number of fused-ring (bicyclic) bond motifs is 1. The molecule has 0 unspecified atom stereocenters. The van der Waals surface area contributed by atoms with Crippen LogP contribution in [-0.2, 0) is 4.79 Å². The minimum Gasteiger partial charge on any atom is -0.340 e. The number of nitrogens with zero attached hydrogens (tertiary/aromatic N) is 2. The molecule has 0 bridgehead atoms. The Balaban J connectivity index is 1.54. The monoisotopic (exact) mass is 385 g/mol. The molecular formula is C20H17Cl2N3O. The van der Waals surface area contributed by atoms with Crippen molar-refractivity contribution in [2.24, 2.45) is 0 Å².